The van der Waals surface area contributed by atoms with Crippen molar-refractivity contribution < 1.29 is 18.8 Å². The monoisotopic (exact) mass is 223 g/mol. The Morgan fingerprint density at radius 1 is 1.50 bits per heavy atom. The molecule has 0 fully saturated rings. The fourth-order valence-corrected chi connectivity index (χ4v) is 2.18. The predicted octanol–water partition coefficient (Wildman–Crippen LogP) is 0.153. The van der Waals surface area contributed by atoms with E-state index >= 15 is 0 Å². The molecule has 0 aromatic rings. The van der Waals surface area contributed by atoms with Crippen molar-refractivity contribution in [3.05, 3.63) is 0 Å². The van der Waals surface area contributed by atoms with Crippen molar-refractivity contribution in [3.63, 3.8) is 0 Å². The lowest BCUT2D eigenvalue weighted by molar-refractivity contribution is -0.115. The molecule has 1 amide bonds. The Labute approximate surface area is 86.5 Å². The number of hydrogen-bond acceptors (Lipinski definition) is 4. The molecule has 5 nitrogen and oxygen atoms in total. The normalized spacial score (nSPS) is 12.7. The molecule has 0 radical (unpaired) electrons. The molecule has 86 valence electrons. The van der Waals surface area contributed by atoms with Crippen LogP contribution >= 0.6 is 0 Å². The maximum atomic E-state index is 9.39. The summed E-state index contributed by atoms with van der Waals surface area (Å²) < 4.78 is 10.2. The van der Waals surface area contributed by atoms with Crippen molar-refractivity contribution in [2.45, 2.75) is 32.5 Å². The average molecular weight is 223 g/mol. The molecule has 0 saturated carbocycles. The molecule has 0 spiro atoms. The highest BCUT2D eigenvalue weighted by atomic mass is 28.4. The minimum atomic E-state index is -2.25. The van der Waals surface area contributed by atoms with Crippen LogP contribution in [0.15, 0.2) is 0 Å². The minimum Gasteiger partial charge on any atom is -0.396 e. The van der Waals surface area contributed by atoms with E-state index in [1.807, 2.05) is 13.5 Å². The van der Waals surface area contributed by atoms with Crippen molar-refractivity contribution in [1.29, 1.82) is 0 Å². The van der Waals surface area contributed by atoms with Gasteiger partial charge in [-0.15, -0.1) is 0 Å². The highest BCUT2D eigenvalue weighted by Crippen LogP contribution is 2.12. The van der Waals surface area contributed by atoms with E-state index in [4.69, 9.17) is 8.85 Å². The number of aliphatic hydroxyl groups is 1. The van der Waals surface area contributed by atoms with Crippen LogP contribution in [0.4, 0.5) is 0 Å². The first-order valence-electron chi connectivity index (χ1n) is 4.38. The highest BCUT2D eigenvalue weighted by molar-refractivity contribution is 6.67. The van der Waals surface area contributed by atoms with Gasteiger partial charge in [0.15, 0.2) is 0 Å². The van der Waals surface area contributed by atoms with E-state index in [0.717, 1.165) is 0 Å². The Morgan fingerprint density at radius 2 is 1.79 bits per heavy atom. The van der Waals surface area contributed by atoms with Gasteiger partial charge in [-0.25, -0.2) is 0 Å². The molecule has 0 aliphatic rings. The van der Waals surface area contributed by atoms with Crippen LogP contribution in [0.5, 0.6) is 0 Å². The molecule has 3 N–H and O–H groups in total. The van der Waals surface area contributed by atoms with E-state index in [0.29, 0.717) is 6.42 Å². The van der Waals surface area contributed by atoms with Crippen molar-refractivity contribution in [1.82, 2.24) is 0 Å². The molecule has 0 aromatic carbocycles. The molecule has 0 rings (SSSR count). The summed E-state index contributed by atoms with van der Waals surface area (Å²) in [5.74, 6) is -0.333. The molecule has 1 atom stereocenters. The van der Waals surface area contributed by atoms with Crippen molar-refractivity contribution in [2.24, 2.45) is 5.73 Å². The largest absolute Gasteiger partial charge is 0.396 e. The van der Waals surface area contributed by atoms with Gasteiger partial charge in [-0.3, -0.25) is 4.79 Å². The van der Waals surface area contributed by atoms with Gasteiger partial charge in [0.2, 0.25) is 5.91 Å². The van der Waals surface area contributed by atoms with Crippen molar-refractivity contribution >= 4 is 14.5 Å². The average Bonchev–Trinajstić information content (AvgIpc) is 2.14. The number of aliphatic hydroxyl groups excluding tert-OH is 1. The van der Waals surface area contributed by atoms with E-state index in [1.165, 1.54) is 6.92 Å². The van der Waals surface area contributed by atoms with E-state index in [1.54, 1.807) is 14.2 Å². The van der Waals surface area contributed by atoms with Gasteiger partial charge in [0.1, 0.15) is 0 Å². The molecule has 0 aromatic heterocycles. The summed E-state index contributed by atoms with van der Waals surface area (Å²) in [6.07, 6.45) is 0.685. The molecule has 0 aliphatic heterocycles. The van der Waals surface area contributed by atoms with Crippen LogP contribution in [0.3, 0.4) is 0 Å². The zero-order chi connectivity index (χ0) is 11.8. The van der Waals surface area contributed by atoms with Gasteiger partial charge < -0.3 is 19.7 Å². The molecule has 6 heteroatoms. The zero-order valence-corrected chi connectivity index (χ0v) is 10.5. The lowest BCUT2D eigenvalue weighted by atomic mass is 10.5. The molecular formula is C8H21NO4Si. The van der Waals surface area contributed by atoms with Crippen LogP contribution in [0.1, 0.15) is 20.3 Å². The van der Waals surface area contributed by atoms with E-state index in [-0.39, 0.29) is 5.91 Å². The molecule has 1 unspecified atom stereocenters. The Balaban J connectivity index is 0. The van der Waals surface area contributed by atoms with Gasteiger partial charge in [0.25, 0.3) is 0 Å². The number of carbonyl (C=O) groups excluding carboxylic acids is 1. The predicted molar refractivity (Wildman–Crippen MR) is 56.8 cm³/mol. The van der Waals surface area contributed by atoms with E-state index < -0.39 is 14.3 Å². The molecule has 0 bridgehead atoms. The smallest absolute Gasteiger partial charge is 0.364 e. The first kappa shape index (κ1) is 16.0. The molecule has 0 aliphatic carbocycles. The number of carbonyl (C=O) groups is 1. The topological polar surface area (TPSA) is 81.8 Å². The summed E-state index contributed by atoms with van der Waals surface area (Å²) in [7, 11) is 0.911. The molecular weight excluding hydrogens is 202 g/mol. The standard InChI is InChI=1S/C6H16O3Si.C2H5NO/c1-5-6(7)10(4,8-2)9-3;1-2(3)4/h6-7H,5H2,1-4H3;1H3,(H2,3,4). The SMILES string of the molecule is CC(N)=O.CCC(O)[Si](C)(OC)OC. The second-order valence-corrected chi connectivity index (χ2v) is 6.47. The third-order valence-corrected chi connectivity index (χ3v) is 5.04. The lowest BCUT2D eigenvalue weighted by Crippen LogP contribution is -2.48. The fourth-order valence-electron chi connectivity index (χ4n) is 0.726. The summed E-state index contributed by atoms with van der Waals surface area (Å²) in [6, 6.07) is 0. The molecule has 14 heavy (non-hydrogen) atoms. The second-order valence-electron chi connectivity index (χ2n) is 2.96. The van der Waals surface area contributed by atoms with Crippen LogP contribution in [-0.2, 0) is 13.6 Å². The van der Waals surface area contributed by atoms with Crippen molar-refractivity contribution in [2.75, 3.05) is 14.2 Å². The summed E-state index contributed by atoms with van der Waals surface area (Å²) >= 11 is 0. The third-order valence-electron chi connectivity index (χ3n) is 1.80. The summed E-state index contributed by atoms with van der Waals surface area (Å²) in [5.41, 5.74) is 4.04. The van der Waals surface area contributed by atoms with E-state index in [2.05, 4.69) is 5.73 Å². The van der Waals surface area contributed by atoms with Gasteiger partial charge in [0.05, 0.1) is 5.73 Å². The fraction of sp³-hybridized carbons (Fsp3) is 0.875. The number of primary amides is 1. The number of nitrogens with two attached hydrogens (primary N) is 1. The minimum absolute atomic E-state index is 0.333. The van der Waals surface area contributed by atoms with Crippen LogP contribution < -0.4 is 5.73 Å². The van der Waals surface area contributed by atoms with Gasteiger partial charge in [-0.05, 0) is 13.0 Å². The quantitative estimate of drug-likeness (QED) is 0.665. The van der Waals surface area contributed by atoms with Gasteiger partial charge in [0, 0.05) is 21.1 Å². The number of rotatable bonds is 4. The van der Waals surface area contributed by atoms with Gasteiger partial charge in [-0.1, -0.05) is 6.92 Å². The third kappa shape index (κ3) is 7.02. The van der Waals surface area contributed by atoms with Gasteiger partial charge in [-0.2, -0.15) is 0 Å². The highest BCUT2D eigenvalue weighted by Gasteiger charge is 2.36. The lowest BCUT2D eigenvalue weighted by Gasteiger charge is -2.26. The Morgan fingerprint density at radius 3 is 1.86 bits per heavy atom. The summed E-state index contributed by atoms with van der Waals surface area (Å²) in [6.45, 7) is 5.06. The maximum Gasteiger partial charge on any atom is 0.364 e. The molecule has 0 heterocycles. The second kappa shape index (κ2) is 7.92. The number of hydrogen-bond donors (Lipinski definition) is 2. The summed E-state index contributed by atoms with van der Waals surface area (Å²) in [5, 5.41) is 9.39. The molecule has 0 saturated heterocycles. The van der Waals surface area contributed by atoms with Crippen LogP contribution in [0, 0.1) is 0 Å². The van der Waals surface area contributed by atoms with Crippen molar-refractivity contribution in [3.8, 4) is 0 Å². The zero-order valence-electron chi connectivity index (χ0n) is 9.53. The Bertz CT molecular complexity index is 157. The van der Waals surface area contributed by atoms with Crippen LogP contribution in [0.2, 0.25) is 6.55 Å². The first-order chi connectivity index (χ1) is 6.33. The number of amides is 1. The van der Waals surface area contributed by atoms with E-state index in [9.17, 15) is 9.90 Å². The summed E-state index contributed by atoms with van der Waals surface area (Å²) in [4.78, 5) is 9.22. The Kier molecular flexibility index (Phi) is 9.06. The van der Waals surface area contributed by atoms with Gasteiger partial charge >= 0.3 is 8.56 Å². The van der Waals surface area contributed by atoms with Crippen LogP contribution in [-0.4, -0.2) is 39.5 Å². The maximum absolute atomic E-state index is 9.39. The van der Waals surface area contributed by atoms with Crippen LogP contribution in [0.25, 0.3) is 0 Å². The first-order valence-corrected chi connectivity index (χ1v) is 6.77. The Hall–Kier alpha value is -0.433.